The third kappa shape index (κ3) is 3.25. The van der Waals surface area contributed by atoms with Gasteiger partial charge in [0.2, 0.25) is 0 Å². The number of nitrogens with one attached hydrogen (secondary N) is 2. The zero-order valence-corrected chi connectivity index (χ0v) is 12.5. The number of anilines is 2. The Bertz CT molecular complexity index is 736. The van der Waals surface area contributed by atoms with Gasteiger partial charge in [0.15, 0.2) is 5.95 Å². The molecule has 1 atom stereocenters. The minimum absolute atomic E-state index is 0.412. The van der Waals surface area contributed by atoms with E-state index in [4.69, 9.17) is 5.73 Å². The van der Waals surface area contributed by atoms with Gasteiger partial charge < -0.3 is 16.0 Å². The standard InChI is InChI=1S/C17H19N5/c1-12(13-5-3-2-4-6-13)10-20-16-9-14(7-8-19-16)15-11-21-17(18)22-15/h2-9,11-12H,10H2,1H3,(H,19,20)(H3,18,21,22). The van der Waals surface area contributed by atoms with Gasteiger partial charge >= 0.3 is 0 Å². The van der Waals surface area contributed by atoms with Crippen molar-refractivity contribution in [3.63, 3.8) is 0 Å². The van der Waals surface area contributed by atoms with Crippen LogP contribution in [0, 0.1) is 0 Å². The SMILES string of the molecule is CC(CNc1cc(-c2cnc(N)[nH]2)ccn1)c1ccccc1. The van der Waals surface area contributed by atoms with Gasteiger partial charge in [-0.15, -0.1) is 0 Å². The number of pyridine rings is 1. The second-order valence-electron chi connectivity index (χ2n) is 5.30. The van der Waals surface area contributed by atoms with E-state index in [-0.39, 0.29) is 0 Å². The summed E-state index contributed by atoms with van der Waals surface area (Å²) in [5, 5.41) is 3.38. The first-order valence-corrected chi connectivity index (χ1v) is 7.28. The van der Waals surface area contributed by atoms with Gasteiger partial charge in [0, 0.05) is 18.3 Å². The summed E-state index contributed by atoms with van der Waals surface area (Å²) in [7, 11) is 0. The first kappa shape index (κ1) is 14.1. The molecule has 0 saturated carbocycles. The summed E-state index contributed by atoms with van der Waals surface area (Å²) < 4.78 is 0. The smallest absolute Gasteiger partial charge is 0.197 e. The van der Waals surface area contributed by atoms with E-state index in [0.29, 0.717) is 11.9 Å². The molecule has 0 aliphatic heterocycles. The molecule has 22 heavy (non-hydrogen) atoms. The minimum atomic E-state index is 0.412. The van der Waals surface area contributed by atoms with Crippen molar-refractivity contribution < 1.29 is 0 Å². The number of benzene rings is 1. The molecule has 0 amide bonds. The van der Waals surface area contributed by atoms with Crippen LogP contribution in [0.15, 0.2) is 54.9 Å². The van der Waals surface area contributed by atoms with Crippen molar-refractivity contribution in [3.8, 4) is 11.3 Å². The van der Waals surface area contributed by atoms with Gasteiger partial charge in [0.1, 0.15) is 5.82 Å². The molecule has 3 aromatic rings. The molecule has 4 N–H and O–H groups in total. The second-order valence-corrected chi connectivity index (χ2v) is 5.30. The van der Waals surface area contributed by atoms with E-state index in [0.717, 1.165) is 23.6 Å². The molecule has 0 fully saturated rings. The van der Waals surface area contributed by atoms with Gasteiger partial charge in [-0.25, -0.2) is 9.97 Å². The highest BCUT2D eigenvalue weighted by Crippen LogP contribution is 2.21. The third-order valence-corrected chi connectivity index (χ3v) is 3.62. The van der Waals surface area contributed by atoms with Crippen molar-refractivity contribution in [1.29, 1.82) is 0 Å². The van der Waals surface area contributed by atoms with E-state index in [9.17, 15) is 0 Å². The maximum Gasteiger partial charge on any atom is 0.197 e. The minimum Gasteiger partial charge on any atom is -0.369 e. The van der Waals surface area contributed by atoms with Crippen LogP contribution in [0.5, 0.6) is 0 Å². The average Bonchev–Trinajstić information content (AvgIpc) is 3.00. The van der Waals surface area contributed by atoms with Crippen molar-refractivity contribution in [2.24, 2.45) is 0 Å². The molecular formula is C17H19N5. The average molecular weight is 293 g/mol. The molecule has 112 valence electrons. The number of aromatic amines is 1. The second kappa shape index (κ2) is 6.30. The van der Waals surface area contributed by atoms with Crippen LogP contribution in [0.3, 0.4) is 0 Å². The molecule has 0 spiro atoms. The number of hydrogen-bond acceptors (Lipinski definition) is 4. The summed E-state index contributed by atoms with van der Waals surface area (Å²) in [5.41, 5.74) is 8.83. The molecule has 5 nitrogen and oxygen atoms in total. The lowest BCUT2D eigenvalue weighted by atomic mass is 10.0. The summed E-state index contributed by atoms with van der Waals surface area (Å²) >= 11 is 0. The number of aromatic nitrogens is 3. The first-order chi connectivity index (χ1) is 10.7. The van der Waals surface area contributed by atoms with Crippen molar-refractivity contribution >= 4 is 11.8 Å². The largest absolute Gasteiger partial charge is 0.369 e. The Labute approximate surface area is 129 Å². The topological polar surface area (TPSA) is 79.6 Å². The maximum absolute atomic E-state index is 5.62. The third-order valence-electron chi connectivity index (χ3n) is 3.62. The van der Waals surface area contributed by atoms with Crippen molar-refractivity contribution in [3.05, 3.63) is 60.4 Å². The van der Waals surface area contributed by atoms with Gasteiger partial charge in [-0.1, -0.05) is 37.3 Å². The Morgan fingerprint density at radius 1 is 1.18 bits per heavy atom. The zero-order chi connectivity index (χ0) is 15.4. The Hall–Kier alpha value is -2.82. The number of H-pyrrole nitrogens is 1. The number of nitrogens with two attached hydrogens (primary N) is 1. The van der Waals surface area contributed by atoms with Gasteiger partial charge in [-0.05, 0) is 23.6 Å². The fourth-order valence-electron chi connectivity index (χ4n) is 2.34. The predicted molar refractivity (Wildman–Crippen MR) is 89.6 cm³/mol. The molecular weight excluding hydrogens is 274 g/mol. The first-order valence-electron chi connectivity index (χ1n) is 7.28. The number of hydrogen-bond donors (Lipinski definition) is 3. The summed E-state index contributed by atoms with van der Waals surface area (Å²) in [4.78, 5) is 11.4. The van der Waals surface area contributed by atoms with Crippen LogP contribution < -0.4 is 11.1 Å². The highest BCUT2D eigenvalue weighted by atomic mass is 15.0. The number of rotatable bonds is 5. The molecule has 0 bridgehead atoms. The van der Waals surface area contributed by atoms with Crippen LogP contribution in [0.25, 0.3) is 11.3 Å². The van der Waals surface area contributed by atoms with E-state index >= 15 is 0 Å². The Kier molecular flexibility index (Phi) is 4.05. The lowest BCUT2D eigenvalue weighted by Gasteiger charge is -2.13. The molecule has 2 aromatic heterocycles. The highest BCUT2D eigenvalue weighted by molar-refractivity contribution is 5.63. The van der Waals surface area contributed by atoms with Crippen LogP contribution in [-0.4, -0.2) is 21.5 Å². The molecule has 0 radical (unpaired) electrons. The van der Waals surface area contributed by atoms with E-state index < -0.39 is 0 Å². The number of nitrogens with zero attached hydrogens (tertiary/aromatic N) is 2. The van der Waals surface area contributed by atoms with Gasteiger partial charge in [-0.2, -0.15) is 0 Å². The van der Waals surface area contributed by atoms with Crippen molar-refractivity contribution in [1.82, 2.24) is 15.0 Å². The highest BCUT2D eigenvalue weighted by Gasteiger charge is 2.06. The van der Waals surface area contributed by atoms with E-state index in [1.54, 1.807) is 12.4 Å². The molecule has 1 aromatic carbocycles. The Morgan fingerprint density at radius 2 is 2.00 bits per heavy atom. The summed E-state index contributed by atoms with van der Waals surface area (Å²) in [6.07, 6.45) is 3.50. The fraction of sp³-hybridized carbons (Fsp3) is 0.176. The van der Waals surface area contributed by atoms with E-state index in [1.165, 1.54) is 5.56 Å². The van der Waals surface area contributed by atoms with Crippen LogP contribution >= 0.6 is 0 Å². The van der Waals surface area contributed by atoms with Gasteiger partial charge in [-0.3, -0.25) is 0 Å². The molecule has 0 aliphatic carbocycles. The van der Waals surface area contributed by atoms with E-state index in [1.807, 2.05) is 18.2 Å². The van der Waals surface area contributed by atoms with Crippen LogP contribution in [-0.2, 0) is 0 Å². The Morgan fingerprint density at radius 3 is 2.73 bits per heavy atom. The molecule has 2 heterocycles. The predicted octanol–water partition coefficient (Wildman–Crippen LogP) is 3.27. The van der Waals surface area contributed by atoms with Crippen LogP contribution in [0.1, 0.15) is 18.4 Å². The van der Waals surface area contributed by atoms with Gasteiger partial charge in [0.05, 0.1) is 11.9 Å². The van der Waals surface area contributed by atoms with Crippen molar-refractivity contribution in [2.45, 2.75) is 12.8 Å². The van der Waals surface area contributed by atoms with Crippen LogP contribution in [0.2, 0.25) is 0 Å². The Balaban J connectivity index is 1.68. The molecule has 0 aliphatic rings. The number of imidazole rings is 1. The number of nitrogen functional groups attached to an aromatic ring is 1. The quantitative estimate of drug-likeness (QED) is 0.674. The van der Waals surface area contributed by atoms with Crippen molar-refractivity contribution in [2.75, 3.05) is 17.6 Å². The normalized spacial score (nSPS) is 12.0. The lowest BCUT2D eigenvalue weighted by molar-refractivity contribution is 0.801. The monoisotopic (exact) mass is 293 g/mol. The molecule has 3 rings (SSSR count). The molecule has 0 saturated heterocycles. The van der Waals surface area contributed by atoms with Crippen LogP contribution in [0.4, 0.5) is 11.8 Å². The summed E-state index contributed by atoms with van der Waals surface area (Å²) in [6, 6.07) is 14.4. The zero-order valence-electron chi connectivity index (χ0n) is 12.5. The van der Waals surface area contributed by atoms with E-state index in [2.05, 4.69) is 51.5 Å². The molecule has 1 unspecified atom stereocenters. The fourth-order valence-corrected chi connectivity index (χ4v) is 2.34. The van der Waals surface area contributed by atoms with Gasteiger partial charge in [0.25, 0.3) is 0 Å². The summed E-state index contributed by atoms with van der Waals surface area (Å²) in [6.45, 7) is 3.02. The maximum atomic E-state index is 5.62. The summed E-state index contributed by atoms with van der Waals surface area (Å²) in [5.74, 6) is 1.67. The molecule has 5 heteroatoms. The lowest BCUT2D eigenvalue weighted by Crippen LogP contribution is -2.10.